The third kappa shape index (κ3) is 4.78. The van der Waals surface area contributed by atoms with Crippen LogP contribution in [-0.4, -0.2) is 40.2 Å². The second kappa shape index (κ2) is 7.81. The largest absolute Gasteiger partial charge is 0.389 e. The van der Waals surface area contributed by atoms with Gasteiger partial charge in [-0.15, -0.1) is 12.4 Å². The van der Waals surface area contributed by atoms with Crippen molar-refractivity contribution >= 4 is 24.1 Å². The van der Waals surface area contributed by atoms with E-state index in [0.717, 1.165) is 25.9 Å². The molecule has 1 unspecified atom stereocenters. The molecule has 1 atom stereocenters. The fourth-order valence-corrected chi connectivity index (χ4v) is 2.12. The zero-order chi connectivity index (χ0) is 13.7. The number of amides is 1. The molecule has 1 saturated heterocycles. The molecule has 0 bridgehead atoms. The lowest BCUT2D eigenvalue weighted by molar-refractivity contribution is -0.389. The number of nitrogens with zero attached hydrogens (tertiary/aromatic N) is 3. The van der Waals surface area contributed by atoms with Crippen molar-refractivity contribution in [2.45, 2.75) is 19.4 Å². The Labute approximate surface area is 122 Å². The fraction of sp³-hybridized carbons (Fsp3) is 0.636. The van der Waals surface area contributed by atoms with Crippen molar-refractivity contribution in [3.05, 3.63) is 22.4 Å². The van der Waals surface area contributed by atoms with Gasteiger partial charge in [-0.1, -0.05) is 0 Å². The topological polar surface area (TPSA) is 102 Å². The molecule has 9 heteroatoms. The molecular weight excluding hydrogens is 286 g/mol. The summed E-state index contributed by atoms with van der Waals surface area (Å²) in [7, 11) is 0. The summed E-state index contributed by atoms with van der Waals surface area (Å²) in [6.45, 7) is 2.71. The fourth-order valence-electron chi connectivity index (χ4n) is 2.12. The second-order valence-corrected chi connectivity index (χ2v) is 4.63. The lowest BCUT2D eigenvalue weighted by Crippen LogP contribution is -2.29. The van der Waals surface area contributed by atoms with E-state index in [4.69, 9.17) is 0 Å². The van der Waals surface area contributed by atoms with E-state index in [-0.39, 0.29) is 30.7 Å². The molecule has 112 valence electrons. The summed E-state index contributed by atoms with van der Waals surface area (Å²) in [6, 6.07) is 1.28. The monoisotopic (exact) mass is 303 g/mol. The van der Waals surface area contributed by atoms with Gasteiger partial charge in [-0.05, 0) is 36.8 Å². The van der Waals surface area contributed by atoms with Crippen LogP contribution in [-0.2, 0) is 11.3 Å². The molecule has 2 heterocycles. The molecule has 1 aliphatic rings. The molecule has 0 saturated carbocycles. The highest BCUT2D eigenvalue weighted by atomic mass is 35.5. The van der Waals surface area contributed by atoms with Crippen LogP contribution in [0.5, 0.6) is 0 Å². The quantitative estimate of drug-likeness (QED) is 0.582. The Hall–Kier alpha value is -1.67. The van der Waals surface area contributed by atoms with Crippen molar-refractivity contribution in [1.82, 2.24) is 20.4 Å². The van der Waals surface area contributed by atoms with E-state index in [0.29, 0.717) is 12.5 Å². The third-order valence-corrected chi connectivity index (χ3v) is 3.16. The zero-order valence-electron chi connectivity index (χ0n) is 10.9. The highest BCUT2D eigenvalue weighted by molar-refractivity contribution is 5.85. The van der Waals surface area contributed by atoms with Crippen LogP contribution >= 0.6 is 12.4 Å². The van der Waals surface area contributed by atoms with Gasteiger partial charge >= 0.3 is 5.82 Å². The highest BCUT2D eigenvalue weighted by Gasteiger charge is 2.15. The van der Waals surface area contributed by atoms with Gasteiger partial charge in [0.1, 0.15) is 6.54 Å². The first-order chi connectivity index (χ1) is 9.15. The Kier molecular flexibility index (Phi) is 6.40. The van der Waals surface area contributed by atoms with Crippen LogP contribution in [0.3, 0.4) is 0 Å². The van der Waals surface area contributed by atoms with E-state index < -0.39 is 4.92 Å². The van der Waals surface area contributed by atoms with Gasteiger partial charge in [-0.2, -0.15) is 4.68 Å². The van der Waals surface area contributed by atoms with E-state index in [1.807, 2.05) is 0 Å². The molecule has 1 aromatic rings. The average Bonchev–Trinajstić information content (AvgIpc) is 3.00. The minimum Gasteiger partial charge on any atom is -0.358 e. The molecule has 1 aromatic heterocycles. The summed E-state index contributed by atoms with van der Waals surface area (Å²) in [5, 5.41) is 20.2. The number of carbonyl (C=O) groups is 1. The van der Waals surface area contributed by atoms with Crippen LogP contribution in [0.15, 0.2) is 12.3 Å². The zero-order valence-corrected chi connectivity index (χ0v) is 11.8. The maximum absolute atomic E-state index is 11.6. The molecule has 2 rings (SSSR count). The molecule has 0 aliphatic carbocycles. The first-order valence-corrected chi connectivity index (χ1v) is 6.30. The standard InChI is InChI=1S/C11H17N5O3.ClH/c17-11(13-5-2-9-1-4-12-7-9)8-15-6-3-10(14-15)16(18)19;/h3,6,9,12H,1-2,4-5,7-8H2,(H,13,17);1H. The van der Waals surface area contributed by atoms with Gasteiger partial charge in [-0.25, -0.2) is 0 Å². The Morgan fingerprint density at radius 2 is 2.45 bits per heavy atom. The Bertz CT molecular complexity index is 459. The number of hydrogen-bond acceptors (Lipinski definition) is 5. The number of carbonyl (C=O) groups excluding carboxylic acids is 1. The first kappa shape index (κ1) is 16.4. The molecule has 0 radical (unpaired) electrons. The molecule has 0 aromatic carbocycles. The van der Waals surface area contributed by atoms with Crippen molar-refractivity contribution in [3.8, 4) is 0 Å². The van der Waals surface area contributed by atoms with Gasteiger partial charge in [0.25, 0.3) is 0 Å². The predicted molar refractivity (Wildman–Crippen MR) is 74.7 cm³/mol. The number of halogens is 1. The van der Waals surface area contributed by atoms with Crippen molar-refractivity contribution in [1.29, 1.82) is 0 Å². The summed E-state index contributed by atoms with van der Waals surface area (Å²) in [5.41, 5.74) is 0. The maximum atomic E-state index is 11.6. The second-order valence-electron chi connectivity index (χ2n) is 4.63. The average molecular weight is 304 g/mol. The SMILES string of the molecule is Cl.O=C(Cn1ccc([N+](=O)[O-])n1)NCCC1CCNC1. The van der Waals surface area contributed by atoms with E-state index in [9.17, 15) is 14.9 Å². The Balaban J connectivity index is 0.00000200. The normalized spacial score (nSPS) is 17.5. The summed E-state index contributed by atoms with van der Waals surface area (Å²) in [6.07, 6.45) is 3.54. The van der Waals surface area contributed by atoms with Gasteiger partial charge < -0.3 is 20.7 Å². The third-order valence-electron chi connectivity index (χ3n) is 3.16. The minimum atomic E-state index is -0.582. The lowest BCUT2D eigenvalue weighted by atomic mass is 10.1. The summed E-state index contributed by atoms with van der Waals surface area (Å²) < 4.78 is 1.27. The molecular formula is C11H18ClN5O3. The van der Waals surface area contributed by atoms with Crippen LogP contribution in [0.4, 0.5) is 5.82 Å². The number of rotatable bonds is 6. The minimum absolute atomic E-state index is 0. The van der Waals surface area contributed by atoms with Gasteiger partial charge in [0.2, 0.25) is 5.91 Å². The first-order valence-electron chi connectivity index (χ1n) is 6.30. The number of nitrogens with one attached hydrogen (secondary N) is 2. The van der Waals surface area contributed by atoms with Crippen molar-refractivity contribution in [3.63, 3.8) is 0 Å². The predicted octanol–water partition coefficient (Wildman–Crippen LogP) is 0.329. The summed E-state index contributed by atoms with van der Waals surface area (Å²) in [4.78, 5) is 21.5. The van der Waals surface area contributed by atoms with E-state index in [1.54, 1.807) is 0 Å². The van der Waals surface area contributed by atoms with Gasteiger partial charge in [-0.3, -0.25) is 4.79 Å². The van der Waals surface area contributed by atoms with Crippen molar-refractivity contribution in [2.24, 2.45) is 5.92 Å². The van der Waals surface area contributed by atoms with Gasteiger partial charge in [0, 0.05) is 6.54 Å². The Morgan fingerprint density at radius 3 is 3.05 bits per heavy atom. The number of nitro groups is 1. The highest BCUT2D eigenvalue weighted by Crippen LogP contribution is 2.10. The molecule has 8 nitrogen and oxygen atoms in total. The number of hydrogen-bond donors (Lipinski definition) is 2. The van der Waals surface area contributed by atoms with Gasteiger partial charge in [0.15, 0.2) is 0 Å². The van der Waals surface area contributed by atoms with Crippen LogP contribution in [0.2, 0.25) is 0 Å². The Morgan fingerprint density at radius 1 is 1.65 bits per heavy atom. The molecule has 20 heavy (non-hydrogen) atoms. The lowest BCUT2D eigenvalue weighted by Gasteiger charge is -2.08. The molecule has 1 amide bonds. The smallest absolute Gasteiger partial charge is 0.358 e. The molecule has 0 spiro atoms. The summed E-state index contributed by atoms with van der Waals surface area (Å²) >= 11 is 0. The van der Waals surface area contributed by atoms with E-state index in [1.165, 1.54) is 16.9 Å². The molecule has 1 fully saturated rings. The van der Waals surface area contributed by atoms with Crippen LogP contribution in [0.1, 0.15) is 12.8 Å². The molecule has 2 N–H and O–H groups in total. The van der Waals surface area contributed by atoms with Gasteiger partial charge in [0.05, 0.1) is 17.4 Å². The summed E-state index contributed by atoms with van der Waals surface area (Å²) in [5.74, 6) is 0.208. The van der Waals surface area contributed by atoms with Crippen molar-refractivity contribution < 1.29 is 9.72 Å². The van der Waals surface area contributed by atoms with Crippen LogP contribution in [0.25, 0.3) is 0 Å². The molecule has 1 aliphatic heterocycles. The van der Waals surface area contributed by atoms with Crippen molar-refractivity contribution in [2.75, 3.05) is 19.6 Å². The van der Waals surface area contributed by atoms with E-state index in [2.05, 4.69) is 15.7 Å². The maximum Gasteiger partial charge on any atom is 0.389 e. The van der Waals surface area contributed by atoms with Crippen LogP contribution in [0, 0.1) is 16.0 Å². The van der Waals surface area contributed by atoms with E-state index >= 15 is 0 Å². The van der Waals surface area contributed by atoms with Crippen LogP contribution < -0.4 is 10.6 Å². The number of aromatic nitrogens is 2.